The summed E-state index contributed by atoms with van der Waals surface area (Å²) in [7, 11) is 0. The Hall–Kier alpha value is -2.09. The van der Waals surface area contributed by atoms with Crippen LogP contribution < -0.4 is 0 Å². The second-order valence-electron chi connectivity index (χ2n) is 7.71. The number of benzene rings is 2. The Kier molecular flexibility index (Phi) is 5.79. The van der Waals surface area contributed by atoms with Crippen LogP contribution in [-0.4, -0.2) is 27.9 Å². The Morgan fingerprint density at radius 3 is 2.57 bits per heavy atom. The van der Waals surface area contributed by atoms with Crippen LogP contribution in [0.4, 0.5) is 5.69 Å². The minimum absolute atomic E-state index is 0.0713. The van der Waals surface area contributed by atoms with Gasteiger partial charge in [0.15, 0.2) is 11.4 Å². The van der Waals surface area contributed by atoms with Crippen molar-refractivity contribution in [1.82, 2.24) is 0 Å². The standard InChI is InChI=1S/C21H18Cl2N2O4S/c1-21(14-6-15(22)8-16(23)7-14)9-18(24-29-21)17-3-2-13(5-19(17)25(27)28)20(26)4-12-10-30-11-12/h2-3,5-8,12H,4,9-11H2,1H3. The van der Waals surface area contributed by atoms with E-state index in [0.29, 0.717) is 45.6 Å². The monoisotopic (exact) mass is 464 g/mol. The predicted molar refractivity (Wildman–Crippen MR) is 119 cm³/mol. The molecule has 2 aliphatic rings. The molecule has 2 aromatic carbocycles. The summed E-state index contributed by atoms with van der Waals surface area (Å²) in [6.07, 6.45) is 0.720. The van der Waals surface area contributed by atoms with E-state index in [1.54, 1.807) is 42.1 Å². The first-order chi connectivity index (χ1) is 14.2. The Morgan fingerprint density at radius 2 is 1.97 bits per heavy atom. The minimum Gasteiger partial charge on any atom is -0.384 e. The van der Waals surface area contributed by atoms with Crippen molar-refractivity contribution in [2.75, 3.05) is 11.5 Å². The average molecular weight is 465 g/mol. The van der Waals surface area contributed by atoms with Crippen molar-refractivity contribution in [2.24, 2.45) is 11.1 Å². The summed E-state index contributed by atoms with van der Waals surface area (Å²) in [4.78, 5) is 29.4. The van der Waals surface area contributed by atoms with Gasteiger partial charge in [0.2, 0.25) is 0 Å². The number of nitro groups is 1. The zero-order valence-electron chi connectivity index (χ0n) is 16.1. The third kappa shape index (κ3) is 4.19. The van der Waals surface area contributed by atoms with E-state index in [9.17, 15) is 14.9 Å². The zero-order valence-corrected chi connectivity index (χ0v) is 18.4. The maximum atomic E-state index is 12.5. The van der Waals surface area contributed by atoms with E-state index in [1.807, 2.05) is 6.92 Å². The molecule has 30 heavy (non-hydrogen) atoms. The molecule has 2 heterocycles. The van der Waals surface area contributed by atoms with Crippen LogP contribution in [0.1, 0.15) is 41.3 Å². The van der Waals surface area contributed by atoms with E-state index in [1.165, 1.54) is 6.07 Å². The summed E-state index contributed by atoms with van der Waals surface area (Å²) in [5, 5.41) is 16.8. The number of rotatable bonds is 6. The van der Waals surface area contributed by atoms with Gasteiger partial charge in [0.25, 0.3) is 5.69 Å². The molecule has 1 unspecified atom stereocenters. The fraction of sp³-hybridized carbons (Fsp3) is 0.333. The molecule has 1 saturated heterocycles. The van der Waals surface area contributed by atoms with Crippen LogP contribution >= 0.6 is 35.0 Å². The molecule has 156 valence electrons. The van der Waals surface area contributed by atoms with Crippen molar-refractivity contribution < 1.29 is 14.6 Å². The molecule has 0 N–H and O–H groups in total. The fourth-order valence-electron chi connectivity index (χ4n) is 3.58. The number of carbonyl (C=O) groups excluding carboxylic acids is 1. The first kappa shape index (κ1) is 21.2. The van der Waals surface area contributed by atoms with E-state index in [2.05, 4.69) is 5.16 Å². The number of ketones is 1. The molecule has 0 radical (unpaired) electrons. The van der Waals surface area contributed by atoms with Crippen LogP contribution in [0.2, 0.25) is 10.0 Å². The number of thioether (sulfide) groups is 1. The largest absolute Gasteiger partial charge is 0.384 e. The fourth-order valence-corrected chi connectivity index (χ4v) is 4.91. The molecule has 0 bridgehead atoms. The molecule has 2 aromatic rings. The lowest BCUT2D eigenvalue weighted by atomic mass is 9.88. The molecule has 9 heteroatoms. The number of nitro benzene ring substituents is 1. The molecule has 4 rings (SSSR count). The highest BCUT2D eigenvalue weighted by Crippen LogP contribution is 2.40. The van der Waals surface area contributed by atoms with Gasteiger partial charge >= 0.3 is 0 Å². The molecular formula is C21H18Cl2N2O4S. The summed E-state index contributed by atoms with van der Waals surface area (Å²) in [6.45, 7) is 1.83. The van der Waals surface area contributed by atoms with Gasteiger partial charge < -0.3 is 4.84 Å². The lowest BCUT2D eigenvalue weighted by Crippen LogP contribution is -2.22. The van der Waals surface area contributed by atoms with Crippen molar-refractivity contribution in [3.05, 3.63) is 73.2 Å². The molecule has 0 amide bonds. The van der Waals surface area contributed by atoms with Crippen molar-refractivity contribution in [3.8, 4) is 0 Å². The van der Waals surface area contributed by atoms with E-state index in [0.717, 1.165) is 17.1 Å². The Labute approximate surface area is 187 Å². The van der Waals surface area contributed by atoms with Crippen LogP contribution in [0, 0.1) is 16.0 Å². The Bertz CT molecular complexity index is 1050. The van der Waals surface area contributed by atoms with Crippen LogP contribution in [-0.2, 0) is 10.4 Å². The molecule has 0 spiro atoms. The highest BCUT2D eigenvalue weighted by Gasteiger charge is 2.39. The summed E-state index contributed by atoms with van der Waals surface area (Å²) in [5.41, 5.74) is 0.855. The number of carbonyl (C=O) groups is 1. The number of hydrogen-bond donors (Lipinski definition) is 0. The summed E-state index contributed by atoms with van der Waals surface area (Å²) in [6, 6.07) is 9.65. The second-order valence-corrected chi connectivity index (χ2v) is 9.66. The van der Waals surface area contributed by atoms with Gasteiger partial charge in [-0.15, -0.1) is 0 Å². The summed E-state index contributed by atoms with van der Waals surface area (Å²) >= 11 is 14.0. The molecule has 0 aliphatic carbocycles. The normalized spacial score (nSPS) is 21.0. The third-order valence-electron chi connectivity index (χ3n) is 5.34. The number of hydrogen-bond acceptors (Lipinski definition) is 6. The van der Waals surface area contributed by atoms with Crippen molar-refractivity contribution >= 4 is 52.1 Å². The van der Waals surface area contributed by atoms with Gasteiger partial charge in [-0.05, 0) is 48.6 Å². The van der Waals surface area contributed by atoms with Gasteiger partial charge in [-0.1, -0.05) is 34.4 Å². The third-order valence-corrected chi connectivity index (χ3v) is 7.19. The van der Waals surface area contributed by atoms with Gasteiger partial charge in [0, 0.05) is 40.1 Å². The smallest absolute Gasteiger partial charge is 0.279 e. The van der Waals surface area contributed by atoms with E-state index < -0.39 is 10.5 Å². The average Bonchev–Trinajstić information content (AvgIpc) is 3.06. The van der Waals surface area contributed by atoms with Crippen molar-refractivity contribution in [3.63, 3.8) is 0 Å². The topological polar surface area (TPSA) is 81.8 Å². The van der Waals surface area contributed by atoms with Gasteiger partial charge in [-0.2, -0.15) is 11.8 Å². The molecule has 1 atom stereocenters. The van der Waals surface area contributed by atoms with Crippen LogP contribution in [0.3, 0.4) is 0 Å². The maximum Gasteiger partial charge on any atom is 0.279 e. The predicted octanol–water partition coefficient (Wildman–Crippen LogP) is 5.88. The first-order valence-corrected chi connectivity index (χ1v) is 11.3. The van der Waals surface area contributed by atoms with Crippen LogP contribution in [0.5, 0.6) is 0 Å². The van der Waals surface area contributed by atoms with E-state index >= 15 is 0 Å². The second kappa shape index (κ2) is 8.21. The lowest BCUT2D eigenvalue weighted by Gasteiger charge is -2.23. The maximum absolute atomic E-state index is 12.5. The number of nitrogens with zero attached hydrogens (tertiary/aromatic N) is 2. The minimum atomic E-state index is -0.853. The van der Waals surface area contributed by atoms with Gasteiger partial charge in [-0.25, -0.2) is 0 Å². The first-order valence-electron chi connectivity index (χ1n) is 9.36. The Morgan fingerprint density at radius 1 is 1.27 bits per heavy atom. The highest BCUT2D eigenvalue weighted by atomic mass is 35.5. The van der Waals surface area contributed by atoms with Crippen molar-refractivity contribution in [2.45, 2.75) is 25.4 Å². The van der Waals surface area contributed by atoms with Gasteiger partial charge in [0.1, 0.15) is 0 Å². The van der Waals surface area contributed by atoms with Crippen LogP contribution in [0.25, 0.3) is 0 Å². The SMILES string of the molecule is CC1(c2cc(Cl)cc(Cl)c2)CC(c2ccc(C(=O)CC3CSC3)cc2[N+](=O)[O-])=NO1. The molecular weight excluding hydrogens is 447 g/mol. The number of halogens is 2. The zero-order chi connectivity index (χ0) is 21.5. The van der Waals surface area contributed by atoms with E-state index in [4.69, 9.17) is 28.0 Å². The summed E-state index contributed by atoms with van der Waals surface area (Å²) in [5.74, 6) is 2.22. The quantitative estimate of drug-likeness (QED) is 0.303. The highest BCUT2D eigenvalue weighted by molar-refractivity contribution is 8.00. The summed E-state index contributed by atoms with van der Waals surface area (Å²) < 4.78 is 0. The molecule has 0 aromatic heterocycles. The van der Waals surface area contributed by atoms with Crippen LogP contribution in [0.15, 0.2) is 41.6 Å². The van der Waals surface area contributed by atoms with Gasteiger partial charge in [0.05, 0.1) is 16.2 Å². The molecule has 1 fully saturated rings. The number of Topliss-reactive ketones (excluding diaryl/α,β-unsaturated/α-hetero) is 1. The van der Waals surface area contributed by atoms with Crippen molar-refractivity contribution in [1.29, 1.82) is 0 Å². The van der Waals surface area contributed by atoms with Gasteiger partial charge in [-0.3, -0.25) is 14.9 Å². The molecule has 2 aliphatic heterocycles. The molecule has 6 nitrogen and oxygen atoms in total. The molecule has 0 saturated carbocycles. The lowest BCUT2D eigenvalue weighted by molar-refractivity contribution is -0.385. The number of oxime groups is 1. The Balaban J connectivity index is 1.60. The van der Waals surface area contributed by atoms with E-state index in [-0.39, 0.29) is 11.5 Å².